The van der Waals surface area contributed by atoms with E-state index in [-0.39, 0.29) is 5.91 Å². The number of hydrogen-bond donors (Lipinski definition) is 1. The van der Waals surface area contributed by atoms with Gasteiger partial charge in [-0.3, -0.25) is 4.79 Å². The van der Waals surface area contributed by atoms with Crippen LogP contribution in [0.4, 0.5) is 0 Å². The zero-order chi connectivity index (χ0) is 23.4. The zero-order valence-corrected chi connectivity index (χ0v) is 18.9. The summed E-state index contributed by atoms with van der Waals surface area (Å²) in [4.78, 5) is 13.0. The fourth-order valence-electron chi connectivity index (χ4n) is 3.73. The fraction of sp³-hybridized carbons (Fsp3) is 0.154. The van der Waals surface area contributed by atoms with E-state index in [1.807, 2.05) is 54.6 Å². The predicted molar refractivity (Wildman–Crippen MR) is 126 cm³/mol. The number of aromatic nitrogens is 1. The Morgan fingerprint density at radius 3 is 2.03 bits per heavy atom. The first-order valence-electron chi connectivity index (χ1n) is 10.3. The molecule has 33 heavy (non-hydrogen) atoms. The molecule has 0 aliphatic heterocycles. The lowest BCUT2D eigenvalue weighted by molar-refractivity contribution is -0.628. The van der Waals surface area contributed by atoms with Crippen LogP contribution in [0.5, 0.6) is 23.0 Å². The molecule has 0 aliphatic rings. The number of carbonyl (C=O) groups is 1. The molecule has 0 saturated heterocycles. The van der Waals surface area contributed by atoms with Crippen LogP contribution in [0, 0.1) is 0 Å². The molecule has 1 amide bonds. The summed E-state index contributed by atoms with van der Waals surface area (Å²) in [7, 11) is 6.37. The molecule has 7 nitrogen and oxygen atoms in total. The molecule has 168 valence electrons. The van der Waals surface area contributed by atoms with Crippen molar-refractivity contribution < 1.29 is 28.4 Å². The van der Waals surface area contributed by atoms with E-state index < -0.39 is 0 Å². The number of carbonyl (C=O) groups excluding carboxylic acids is 1. The van der Waals surface area contributed by atoms with Gasteiger partial charge in [0.1, 0.15) is 0 Å². The highest BCUT2D eigenvalue weighted by Crippen LogP contribution is 2.37. The Labute approximate surface area is 192 Å². The molecule has 3 aromatic carbocycles. The number of amides is 1. The second kappa shape index (κ2) is 9.48. The van der Waals surface area contributed by atoms with E-state index in [4.69, 9.17) is 18.9 Å². The van der Waals surface area contributed by atoms with Gasteiger partial charge in [0, 0.05) is 11.6 Å². The summed E-state index contributed by atoms with van der Waals surface area (Å²) in [6.07, 6.45) is 1.81. The molecule has 1 N–H and O–H groups in total. The Morgan fingerprint density at radius 2 is 1.36 bits per heavy atom. The van der Waals surface area contributed by atoms with Gasteiger partial charge in [0.2, 0.25) is 6.20 Å². The zero-order valence-electron chi connectivity index (χ0n) is 18.9. The van der Waals surface area contributed by atoms with Crippen LogP contribution in [0.25, 0.3) is 22.0 Å². The van der Waals surface area contributed by atoms with Gasteiger partial charge in [0.15, 0.2) is 23.0 Å². The molecule has 0 unspecified atom stereocenters. The molecular formula is C26H25N2O5+. The van der Waals surface area contributed by atoms with Crippen molar-refractivity contribution >= 4 is 16.7 Å². The van der Waals surface area contributed by atoms with Gasteiger partial charge in [0.05, 0.1) is 39.4 Å². The second-order valence-electron chi connectivity index (χ2n) is 7.21. The summed E-state index contributed by atoms with van der Waals surface area (Å²) in [5, 5.41) is 1.78. The average molecular weight is 445 g/mol. The maximum atomic E-state index is 13.0. The summed E-state index contributed by atoms with van der Waals surface area (Å²) in [6.45, 7) is 0. The summed E-state index contributed by atoms with van der Waals surface area (Å²) in [5.41, 5.74) is 5.10. The normalized spacial score (nSPS) is 10.5. The molecule has 0 radical (unpaired) electrons. The third kappa shape index (κ3) is 4.25. The maximum absolute atomic E-state index is 13.0. The third-order valence-corrected chi connectivity index (χ3v) is 5.37. The number of methoxy groups -OCH3 is 4. The number of nitrogens with zero attached hydrogens (tertiary/aromatic N) is 1. The van der Waals surface area contributed by atoms with Crippen LogP contribution < -0.4 is 29.0 Å². The van der Waals surface area contributed by atoms with Crippen molar-refractivity contribution in [3.8, 4) is 34.3 Å². The van der Waals surface area contributed by atoms with Crippen LogP contribution in [-0.2, 0) is 0 Å². The molecule has 1 heterocycles. The largest absolute Gasteiger partial charge is 0.493 e. The fourth-order valence-corrected chi connectivity index (χ4v) is 3.73. The summed E-state index contributed by atoms with van der Waals surface area (Å²) in [5.74, 6) is 2.16. The van der Waals surface area contributed by atoms with Crippen molar-refractivity contribution in [2.24, 2.45) is 0 Å². The van der Waals surface area contributed by atoms with E-state index in [1.165, 1.54) is 0 Å². The van der Waals surface area contributed by atoms with Gasteiger partial charge in [-0.2, -0.15) is 0 Å². The molecule has 7 heteroatoms. The van der Waals surface area contributed by atoms with Gasteiger partial charge in [-0.15, -0.1) is 5.43 Å². The summed E-state index contributed by atoms with van der Waals surface area (Å²) >= 11 is 0. The second-order valence-corrected chi connectivity index (χ2v) is 7.21. The number of ether oxygens (including phenoxy) is 4. The molecule has 0 fully saturated rings. The van der Waals surface area contributed by atoms with Crippen molar-refractivity contribution in [2.75, 3.05) is 33.9 Å². The van der Waals surface area contributed by atoms with Crippen LogP contribution in [-0.4, -0.2) is 34.3 Å². The van der Waals surface area contributed by atoms with E-state index in [1.54, 1.807) is 51.4 Å². The molecule has 0 bridgehead atoms. The van der Waals surface area contributed by atoms with Crippen molar-refractivity contribution in [1.29, 1.82) is 0 Å². The Hall–Kier alpha value is -4.26. The first kappa shape index (κ1) is 22.0. The number of benzene rings is 3. The van der Waals surface area contributed by atoms with Crippen molar-refractivity contribution in [3.63, 3.8) is 0 Å². The van der Waals surface area contributed by atoms with Gasteiger partial charge < -0.3 is 18.9 Å². The Balaban J connectivity index is 1.95. The molecular weight excluding hydrogens is 420 g/mol. The van der Waals surface area contributed by atoms with E-state index >= 15 is 0 Å². The van der Waals surface area contributed by atoms with Crippen molar-refractivity contribution in [1.82, 2.24) is 0 Å². The smallest absolute Gasteiger partial charge is 0.305 e. The average Bonchev–Trinajstić information content (AvgIpc) is 2.87. The molecule has 0 aliphatic carbocycles. The van der Waals surface area contributed by atoms with Gasteiger partial charge in [-0.1, -0.05) is 22.9 Å². The van der Waals surface area contributed by atoms with E-state index in [0.29, 0.717) is 28.6 Å². The molecule has 4 rings (SSSR count). The monoisotopic (exact) mass is 445 g/mol. The van der Waals surface area contributed by atoms with Crippen LogP contribution in [0.1, 0.15) is 10.4 Å². The Kier molecular flexibility index (Phi) is 6.31. The molecule has 0 spiro atoms. The highest BCUT2D eigenvalue weighted by Gasteiger charge is 2.24. The molecule has 0 atom stereocenters. The Bertz CT molecular complexity index is 1310. The number of rotatable bonds is 7. The lowest BCUT2D eigenvalue weighted by Crippen LogP contribution is -2.49. The van der Waals surface area contributed by atoms with Crippen molar-refractivity contribution in [2.45, 2.75) is 0 Å². The minimum absolute atomic E-state index is 0.234. The van der Waals surface area contributed by atoms with Gasteiger partial charge in [-0.05, 0) is 47.9 Å². The number of fused-ring (bicyclic) bond motifs is 1. The minimum atomic E-state index is -0.234. The topological polar surface area (TPSA) is 69.9 Å². The predicted octanol–water partition coefficient (Wildman–Crippen LogP) is 4.21. The van der Waals surface area contributed by atoms with Crippen LogP contribution >= 0.6 is 0 Å². The Morgan fingerprint density at radius 1 is 0.727 bits per heavy atom. The molecule has 1 aromatic heterocycles. The van der Waals surface area contributed by atoms with E-state index in [0.717, 1.165) is 22.0 Å². The van der Waals surface area contributed by atoms with E-state index in [9.17, 15) is 4.79 Å². The quantitative estimate of drug-likeness (QED) is 0.432. The van der Waals surface area contributed by atoms with Gasteiger partial charge in [-0.25, -0.2) is 0 Å². The van der Waals surface area contributed by atoms with Gasteiger partial charge >= 0.3 is 5.91 Å². The minimum Gasteiger partial charge on any atom is -0.493 e. The van der Waals surface area contributed by atoms with Crippen LogP contribution in [0.2, 0.25) is 0 Å². The third-order valence-electron chi connectivity index (χ3n) is 5.37. The van der Waals surface area contributed by atoms with Gasteiger partial charge in [0.25, 0.3) is 5.69 Å². The highest BCUT2D eigenvalue weighted by molar-refractivity contribution is 6.00. The number of pyridine rings is 1. The van der Waals surface area contributed by atoms with Crippen LogP contribution in [0.15, 0.2) is 72.9 Å². The maximum Gasteiger partial charge on any atom is 0.305 e. The molecule has 4 aromatic rings. The summed E-state index contributed by atoms with van der Waals surface area (Å²) < 4.78 is 23.6. The molecule has 0 saturated carbocycles. The number of nitrogens with one attached hydrogen (secondary N) is 1. The lowest BCUT2D eigenvalue weighted by Gasteiger charge is -2.13. The summed E-state index contributed by atoms with van der Waals surface area (Å²) in [6, 6.07) is 20.4. The van der Waals surface area contributed by atoms with E-state index in [2.05, 4.69) is 5.43 Å². The lowest BCUT2D eigenvalue weighted by atomic mass is 10.0. The first-order valence-corrected chi connectivity index (χ1v) is 10.3. The van der Waals surface area contributed by atoms with Crippen molar-refractivity contribution in [3.05, 3.63) is 78.5 Å². The standard InChI is InChI=1S/C26H24N2O5/c1-30-21-11-10-19(15-22(21)31-2)25-20-16-24(33-4)23(32-3)14-18(20)12-13-28(25)27-26(29)17-8-6-5-7-9-17/h5-16H,1-4H3/p+1. The van der Waals surface area contributed by atoms with Crippen LogP contribution in [0.3, 0.4) is 0 Å². The highest BCUT2D eigenvalue weighted by atomic mass is 16.5. The first-order chi connectivity index (χ1) is 16.1. The SMILES string of the molecule is COc1ccc(-c2c3cc(OC)c(OC)cc3cc[n+]2NC(=O)c2ccccc2)cc1OC. The number of hydrogen-bond acceptors (Lipinski definition) is 5.